The summed E-state index contributed by atoms with van der Waals surface area (Å²) in [6.45, 7) is 2.22. The van der Waals surface area contributed by atoms with Crippen molar-refractivity contribution in [1.82, 2.24) is 19.5 Å². The predicted octanol–water partition coefficient (Wildman–Crippen LogP) is 11.8. The van der Waals surface area contributed by atoms with Crippen molar-refractivity contribution in [2.24, 2.45) is 5.92 Å². The highest BCUT2D eigenvalue weighted by Gasteiger charge is 2.18. The van der Waals surface area contributed by atoms with Crippen molar-refractivity contribution in [2.75, 3.05) is 0 Å². The molecule has 51 heavy (non-hydrogen) atoms. The summed E-state index contributed by atoms with van der Waals surface area (Å²) in [5.41, 5.74) is 10.2. The zero-order chi connectivity index (χ0) is 33.9. The number of benzene rings is 6. The lowest BCUT2D eigenvalue weighted by molar-refractivity contribution is 0.669. The van der Waals surface area contributed by atoms with Gasteiger partial charge in [-0.05, 0) is 72.0 Å². The molecule has 0 fully saturated rings. The van der Waals surface area contributed by atoms with Gasteiger partial charge in [-0.3, -0.25) is 0 Å². The van der Waals surface area contributed by atoms with Crippen molar-refractivity contribution in [3.63, 3.8) is 0 Å². The maximum Gasteiger partial charge on any atom is 0.164 e. The maximum atomic E-state index is 6.50. The van der Waals surface area contributed by atoms with Gasteiger partial charge in [-0.2, -0.15) is 0 Å². The Morgan fingerprint density at radius 1 is 0.529 bits per heavy atom. The van der Waals surface area contributed by atoms with Crippen LogP contribution >= 0.6 is 0 Å². The van der Waals surface area contributed by atoms with Crippen LogP contribution in [0.15, 0.2) is 162 Å². The summed E-state index contributed by atoms with van der Waals surface area (Å²) in [7, 11) is 0. The zero-order valence-corrected chi connectivity index (χ0v) is 28.0. The highest BCUT2D eigenvalue weighted by atomic mass is 16.3. The van der Waals surface area contributed by atoms with Gasteiger partial charge in [-0.25, -0.2) is 15.0 Å². The Morgan fingerprint density at radius 3 is 1.96 bits per heavy atom. The average molecular weight is 657 g/mol. The summed E-state index contributed by atoms with van der Waals surface area (Å²) in [4.78, 5) is 15.1. The van der Waals surface area contributed by atoms with E-state index in [0.717, 1.165) is 61.9 Å². The Kier molecular flexibility index (Phi) is 6.78. The molecule has 1 aliphatic carbocycles. The lowest BCUT2D eigenvalue weighted by Gasteiger charge is -2.13. The van der Waals surface area contributed by atoms with Crippen LogP contribution in [0.25, 0.3) is 88.9 Å². The minimum atomic E-state index is 0.411. The van der Waals surface area contributed by atoms with Crippen LogP contribution in [0, 0.1) is 5.92 Å². The molecule has 0 bridgehead atoms. The van der Waals surface area contributed by atoms with Gasteiger partial charge >= 0.3 is 0 Å². The molecule has 0 spiro atoms. The second-order valence-electron chi connectivity index (χ2n) is 13.4. The summed E-state index contributed by atoms with van der Waals surface area (Å²) in [6.07, 6.45) is 7.59. The summed E-state index contributed by atoms with van der Waals surface area (Å²) < 4.78 is 8.84. The third-order valence-electron chi connectivity index (χ3n) is 9.94. The number of fused-ring (bicyclic) bond motifs is 6. The fourth-order valence-corrected chi connectivity index (χ4v) is 7.46. The van der Waals surface area contributed by atoms with Crippen LogP contribution in [0.1, 0.15) is 19.2 Å². The van der Waals surface area contributed by atoms with Crippen LogP contribution in [0.3, 0.4) is 0 Å². The van der Waals surface area contributed by atoms with Crippen LogP contribution < -0.4 is 0 Å². The SMILES string of the molecule is CC1C=C(c2nc(-c3cccc(-c4ccccc4)c3)nc(-c3ccc4c(c3)oc3ccc(-n5c6ccccc6c6ccccc65)cc34)n2)C=CC1. The molecule has 0 saturated carbocycles. The quantitative estimate of drug-likeness (QED) is 0.185. The second kappa shape index (κ2) is 11.8. The summed E-state index contributed by atoms with van der Waals surface area (Å²) >= 11 is 0. The van der Waals surface area contributed by atoms with E-state index in [9.17, 15) is 0 Å². The van der Waals surface area contributed by atoms with Crippen LogP contribution in [0.4, 0.5) is 0 Å². The predicted molar refractivity (Wildman–Crippen MR) is 209 cm³/mol. The number of hydrogen-bond acceptors (Lipinski definition) is 4. The molecule has 0 radical (unpaired) electrons. The topological polar surface area (TPSA) is 56.7 Å². The molecule has 10 rings (SSSR count). The fourth-order valence-electron chi connectivity index (χ4n) is 7.46. The van der Waals surface area contributed by atoms with E-state index in [1.54, 1.807) is 0 Å². The van der Waals surface area contributed by atoms with Crippen LogP contribution in [-0.4, -0.2) is 19.5 Å². The first kappa shape index (κ1) is 29.3. The molecular weight excluding hydrogens is 625 g/mol. The molecule has 0 N–H and O–H groups in total. The standard InChI is InChI=1S/C46H32N4O/c1-29-11-9-15-32(25-29)44-47-45(33-16-10-14-31(26-33)30-12-3-2-4-13-30)49-46(48-44)34-21-23-38-39-28-35(22-24-42(39)51-43(38)27-34)50-40-19-7-5-17-36(40)37-18-6-8-20-41(37)50/h2-10,12-29H,11H2,1H3. The molecule has 242 valence electrons. The summed E-state index contributed by atoms with van der Waals surface area (Å²) in [5, 5.41) is 4.60. The third-order valence-corrected chi connectivity index (χ3v) is 9.94. The second-order valence-corrected chi connectivity index (χ2v) is 13.4. The van der Waals surface area contributed by atoms with Gasteiger partial charge in [0.25, 0.3) is 0 Å². The number of nitrogens with zero attached hydrogens (tertiary/aromatic N) is 4. The number of hydrogen-bond donors (Lipinski definition) is 0. The Hall–Kier alpha value is -6.59. The van der Waals surface area contributed by atoms with Crippen molar-refractivity contribution < 1.29 is 4.42 Å². The van der Waals surface area contributed by atoms with Crippen molar-refractivity contribution in [1.29, 1.82) is 0 Å². The summed E-state index contributed by atoms with van der Waals surface area (Å²) in [6, 6.07) is 48.7. The highest BCUT2D eigenvalue weighted by molar-refractivity contribution is 6.10. The van der Waals surface area contributed by atoms with E-state index in [-0.39, 0.29) is 0 Å². The molecule has 6 aromatic carbocycles. The van der Waals surface area contributed by atoms with Gasteiger partial charge in [0.2, 0.25) is 0 Å². The van der Waals surface area contributed by atoms with Gasteiger partial charge in [0.05, 0.1) is 11.0 Å². The molecule has 1 unspecified atom stereocenters. The molecule has 5 nitrogen and oxygen atoms in total. The van der Waals surface area contributed by atoms with Gasteiger partial charge in [0.1, 0.15) is 11.2 Å². The van der Waals surface area contributed by atoms with Gasteiger partial charge in [-0.1, -0.05) is 116 Å². The third kappa shape index (κ3) is 5.05. The lowest BCUT2D eigenvalue weighted by atomic mass is 9.97. The molecule has 3 aromatic heterocycles. The van der Waals surface area contributed by atoms with Crippen molar-refractivity contribution in [3.05, 3.63) is 164 Å². The number of allylic oxidation sites excluding steroid dienone is 4. The van der Waals surface area contributed by atoms with E-state index in [2.05, 4.69) is 163 Å². The maximum absolute atomic E-state index is 6.50. The van der Waals surface area contributed by atoms with E-state index < -0.39 is 0 Å². The number of rotatable bonds is 5. The van der Waals surface area contributed by atoms with Crippen LogP contribution in [0.2, 0.25) is 0 Å². The first-order valence-corrected chi connectivity index (χ1v) is 17.4. The van der Waals surface area contributed by atoms with Crippen molar-refractivity contribution in [2.45, 2.75) is 13.3 Å². The molecule has 0 aliphatic heterocycles. The average Bonchev–Trinajstić information content (AvgIpc) is 3.73. The lowest BCUT2D eigenvalue weighted by Crippen LogP contribution is -2.04. The number of furan rings is 1. The van der Waals surface area contributed by atoms with E-state index in [0.29, 0.717) is 23.4 Å². The number of aromatic nitrogens is 4. The van der Waals surface area contributed by atoms with E-state index in [1.165, 1.54) is 21.8 Å². The Bertz CT molecular complexity index is 2800. The molecule has 1 aliphatic rings. The van der Waals surface area contributed by atoms with Gasteiger partial charge in [0, 0.05) is 43.9 Å². The number of para-hydroxylation sites is 2. The molecule has 0 saturated heterocycles. The Labute approximate surface area is 294 Å². The minimum Gasteiger partial charge on any atom is -0.456 e. The normalized spacial score (nSPS) is 14.5. The highest BCUT2D eigenvalue weighted by Crippen LogP contribution is 2.37. The Morgan fingerprint density at radius 2 is 1.20 bits per heavy atom. The van der Waals surface area contributed by atoms with E-state index in [4.69, 9.17) is 19.4 Å². The van der Waals surface area contributed by atoms with E-state index >= 15 is 0 Å². The van der Waals surface area contributed by atoms with Crippen LogP contribution in [-0.2, 0) is 0 Å². The first-order chi connectivity index (χ1) is 25.2. The molecule has 1 atom stereocenters. The zero-order valence-electron chi connectivity index (χ0n) is 28.0. The van der Waals surface area contributed by atoms with Crippen molar-refractivity contribution in [3.8, 4) is 39.6 Å². The van der Waals surface area contributed by atoms with Gasteiger partial charge in [0.15, 0.2) is 17.5 Å². The molecule has 9 aromatic rings. The van der Waals surface area contributed by atoms with E-state index in [1.807, 2.05) is 6.07 Å². The molecule has 0 amide bonds. The van der Waals surface area contributed by atoms with Crippen molar-refractivity contribution >= 4 is 49.3 Å². The first-order valence-electron chi connectivity index (χ1n) is 17.4. The molecule has 5 heteroatoms. The van der Waals surface area contributed by atoms with Gasteiger partial charge in [-0.15, -0.1) is 0 Å². The van der Waals surface area contributed by atoms with Crippen LogP contribution in [0.5, 0.6) is 0 Å². The molecule has 3 heterocycles. The fraction of sp³-hybridized carbons (Fsp3) is 0.0652. The van der Waals surface area contributed by atoms with Gasteiger partial charge < -0.3 is 8.98 Å². The Balaban J connectivity index is 1.10. The monoisotopic (exact) mass is 656 g/mol. The summed E-state index contributed by atoms with van der Waals surface area (Å²) in [5.74, 6) is 2.33. The minimum absolute atomic E-state index is 0.411. The largest absolute Gasteiger partial charge is 0.456 e. The molecular formula is C46H32N4O. The smallest absolute Gasteiger partial charge is 0.164 e.